The van der Waals surface area contributed by atoms with Gasteiger partial charge in [0.25, 0.3) is 10.0 Å². The van der Waals surface area contributed by atoms with E-state index in [9.17, 15) is 35.6 Å². The third-order valence-corrected chi connectivity index (χ3v) is 9.26. The molecule has 3 rings (SSSR count). The van der Waals surface area contributed by atoms with E-state index in [0.717, 1.165) is 48.2 Å². The van der Waals surface area contributed by atoms with Crippen LogP contribution in [0.25, 0.3) is 0 Å². The van der Waals surface area contributed by atoms with Crippen LogP contribution < -0.4 is 19.7 Å². The maximum absolute atomic E-state index is 13.8. The number of rotatable bonds is 12. The monoisotopic (exact) mass is 665 g/mol. The van der Waals surface area contributed by atoms with Crippen molar-refractivity contribution in [1.29, 1.82) is 0 Å². The van der Waals surface area contributed by atoms with Gasteiger partial charge in [0.15, 0.2) is 0 Å². The minimum Gasteiger partial charge on any atom is -0.484 e. The molecule has 9 nitrogen and oxygen atoms in total. The van der Waals surface area contributed by atoms with Gasteiger partial charge >= 0.3 is 12.3 Å². The third kappa shape index (κ3) is 8.68. The summed E-state index contributed by atoms with van der Waals surface area (Å²) < 4.78 is 92.4. The summed E-state index contributed by atoms with van der Waals surface area (Å²) in [5.41, 5.74) is -2.94. The quantitative estimate of drug-likeness (QED) is 0.235. The van der Waals surface area contributed by atoms with E-state index in [1.807, 2.05) is 6.92 Å². The number of ether oxygens (including phenoxy) is 2. The summed E-state index contributed by atoms with van der Waals surface area (Å²) in [7, 11) is -4.42. The smallest absolute Gasteiger partial charge is 0.427 e. The molecule has 0 saturated carbocycles. The lowest BCUT2D eigenvalue weighted by Crippen LogP contribution is -2.48. The second kappa shape index (κ2) is 14.2. The van der Waals surface area contributed by atoms with Crippen LogP contribution in [0.4, 0.5) is 33.7 Å². The van der Waals surface area contributed by atoms with Gasteiger partial charge in [-0.15, -0.1) is 0 Å². The molecule has 2 aromatic carbocycles. The van der Waals surface area contributed by atoms with Crippen LogP contribution in [-0.4, -0.2) is 51.4 Å². The number of nitrogens with zero attached hydrogens (tertiary/aromatic N) is 1. The number of halogens is 5. The van der Waals surface area contributed by atoms with E-state index in [4.69, 9.17) is 16.3 Å². The molecule has 1 unspecified atom stereocenters. The number of benzene rings is 2. The molecule has 1 aliphatic rings. The number of anilines is 2. The summed E-state index contributed by atoms with van der Waals surface area (Å²) in [5.74, 6) is -0.773. The minimum absolute atomic E-state index is 0.0302. The fourth-order valence-electron chi connectivity index (χ4n) is 4.43. The molecule has 0 aromatic heterocycles. The topological polar surface area (TPSA) is 114 Å². The highest BCUT2D eigenvalue weighted by Crippen LogP contribution is 2.40. The first-order valence-corrected chi connectivity index (χ1v) is 15.9. The number of sulfonamides is 1. The van der Waals surface area contributed by atoms with Crippen molar-refractivity contribution in [1.82, 2.24) is 5.32 Å². The van der Waals surface area contributed by atoms with Crippen LogP contribution in [0.15, 0.2) is 41.3 Å². The first kappa shape index (κ1) is 35.2. The lowest BCUT2D eigenvalue weighted by atomic mass is 9.95. The van der Waals surface area contributed by atoms with Gasteiger partial charge in [-0.1, -0.05) is 44.7 Å². The van der Waals surface area contributed by atoms with Gasteiger partial charge in [0, 0.05) is 12.1 Å². The second-order valence-corrected chi connectivity index (χ2v) is 13.3. The maximum Gasteiger partial charge on any atom is 0.427 e. The zero-order valence-electron chi connectivity index (χ0n) is 24.8. The first-order valence-electron chi connectivity index (χ1n) is 14.1. The molecular formula is C29H36ClF4N3O6S. The molecule has 0 spiro atoms. The molecule has 1 aliphatic heterocycles. The van der Waals surface area contributed by atoms with E-state index < -0.39 is 44.8 Å². The number of amides is 2. The fourth-order valence-corrected chi connectivity index (χ4v) is 6.20. The van der Waals surface area contributed by atoms with Gasteiger partial charge in [0.2, 0.25) is 11.5 Å². The van der Waals surface area contributed by atoms with Crippen LogP contribution in [0.5, 0.6) is 5.75 Å². The van der Waals surface area contributed by atoms with Crippen LogP contribution in [0, 0.1) is 11.7 Å². The summed E-state index contributed by atoms with van der Waals surface area (Å²) in [6.45, 7) is 5.12. The highest BCUT2D eigenvalue weighted by molar-refractivity contribution is 7.92. The van der Waals surface area contributed by atoms with Crippen molar-refractivity contribution in [2.75, 3.05) is 22.7 Å². The minimum atomic E-state index is -4.84. The van der Waals surface area contributed by atoms with Crippen molar-refractivity contribution >= 4 is 45.0 Å². The van der Waals surface area contributed by atoms with Crippen molar-refractivity contribution in [3.05, 3.63) is 47.2 Å². The molecule has 0 radical (unpaired) electrons. The van der Waals surface area contributed by atoms with Crippen molar-refractivity contribution < 1.29 is 45.0 Å². The van der Waals surface area contributed by atoms with Crippen LogP contribution in [-0.2, 0) is 19.6 Å². The Labute approximate surface area is 259 Å². The average Bonchev–Trinajstić information content (AvgIpc) is 2.94. The first-order chi connectivity index (χ1) is 20.5. The molecule has 1 heterocycles. The second-order valence-electron chi connectivity index (χ2n) is 11.0. The number of hydrogen-bond acceptors (Lipinski definition) is 6. The number of carbonyl (C=O) groups is 2. The van der Waals surface area contributed by atoms with E-state index in [2.05, 4.69) is 22.3 Å². The lowest BCUT2D eigenvalue weighted by Gasteiger charge is -2.36. The van der Waals surface area contributed by atoms with Crippen LogP contribution in [0.2, 0.25) is 5.02 Å². The Bertz CT molecular complexity index is 1460. The number of unbranched alkanes of at least 4 members (excludes halogenated alkanes) is 1. The molecule has 2 N–H and O–H groups in total. The SMILES string of the molecule is CCCCC(CC)CC(=O)NC[C@H]1CN(S(=O)(=O)c2ccc(F)c(Cl)c2)c2cc(NC(=O)OC(C)(C)C(F)(F)F)ccc2O1. The third-order valence-electron chi connectivity index (χ3n) is 7.19. The van der Waals surface area contributed by atoms with Crippen molar-refractivity contribution in [3.8, 4) is 5.75 Å². The van der Waals surface area contributed by atoms with E-state index in [-0.39, 0.29) is 46.9 Å². The molecule has 0 fully saturated rings. The fraction of sp³-hybridized carbons (Fsp3) is 0.517. The summed E-state index contributed by atoms with van der Waals surface area (Å²) >= 11 is 5.85. The van der Waals surface area contributed by atoms with Crippen LogP contribution in [0.1, 0.15) is 59.8 Å². The highest BCUT2D eigenvalue weighted by Gasteiger charge is 2.51. The van der Waals surface area contributed by atoms with Crippen LogP contribution in [0.3, 0.4) is 0 Å². The van der Waals surface area contributed by atoms with Gasteiger partial charge in [-0.25, -0.2) is 17.6 Å². The van der Waals surface area contributed by atoms with E-state index in [1.165, 1.54) is 18.2 Å². The molecule has 2 aromatic rings. The van der Waals surface area contributed by atoms with Gasteiger partial charge in [-0.3, -0.25) is 14.4 Å². The zero-order valence-corrected chi connectivity index (χ0v) is 26.3. The van der Waals surface area contributed by atoms with Gasteiger partial charge in [-0.05, 0) is 62.6 Å². The summed E-state index contributed by atoms with van der Waals surface area (Å²) in [4.78, 5) is 24.6. The van der Waals surface area contributed by atoms with Gasteiger partial charge in [0.1, 0.15) is 17.7 Å². The summed E-state index contributed by atoms with van der Waals surface area (Å²) in [6, 6.07) is 6.68. The normalized spacial score (nSPS) is 16.0. The molecule has 44 heavy (non-hydrogen) atoms. The van der Waals surface area contributed by atoms with Crippen molar-refractivity contribution in [3.63, 3.8) is 0 Å². The Kier molecular flexibility index (Phi) is 11.4. The Morgan fingerprint density at radius 3 is 2.48 bits per heavy atom. The van der Waals surface area contributed by atoms with E-state index in [0.29, 0.717) is 20.3 Å². The standard InChI is InChI=1S/C29H36ClF4N3O6S/c1-5-7-8-18(6-2)13-26(38)35-16-20-17-37(44(40,41)21-10-11-23(31)22(30)15-21)24-14-19(9-12-25(24)42-20)36-27(39)43-28(3,4)29(32,33)34/h9-12,14-15,18,20H,5-8,13,16-17H2,1-4H3,(H,35,38)(H,36,39)/t18?,20-/m0/s1. The molecule has 0 saturated heterocycles. The number of alkyl halides is 3. The van der Waals surface area contributed by atoms with E-state index in [1.54, 1.807) is 0 Å². The molecule has 2 atom stereocenters. The maximum atomic E-state index is 13.8. The predicted molar refractivity (Wildman–Crippen MR) is 158 cm³/mol. The van der Waals surface area contributed by atoms with Gasteiger partial charge < -0.3 is 14.8 Å². The lowest BCUT2D eigenvalue weighted by molar-refractivity contribution is -0.242. The molecule has 15 heteroatoms. The van der Waals surface area contributed by atoms with Gasteiger partial charge in [0.05, 0.1) is 28.7 Å². The Balaban J connectivity index is 1.88. The number of nitrogens with one attached hydrogen (secondary N) is 2. The Morgan fingerprint density at radius 1 is 1.16 bits per heavy atom. The van der Waals surface area contributed by atoms with Crippen molar-refractivity contribution in [2.24, 2.45) is 5.92 Å². The van der Waals surface area contributed by atoms with Crippen LogP contribution >= 0.6 is 11.6 Å². The Morgan fingerprint density at radius 2 is 1.86 bits per heavy atom. The predicted octanol–water partition coefficient (Wildman–Crippen LogP) is 7.05. The molecular weight excluding hydrogens is 630 g/mol. The largest absolute Gasteiger partial charge is 0.484 e. The molecule has 0 aliphatic carbocycles. The van der Waals surface area contributed by atoms with E-state index >= 15 is 0 Å². The van der Waals surface area contributed by atoms with Gasteiger partial charge in [-0.2, -0.15) is 13.2 Å². The zero-order chi connectivity index (χ0) is 32.9. The number of carbonyl (C=O) groups excluding carboxylic acids is 2. The molecule has 2 amide bonds. The Hall–Kier alpha value is -3.26. The van der Waals surface area contributed by atoms with Crippen molar-refractivity contribution in [2.45, 2.75) is 82.6 Å². The highest BCUT2D eigenvalue weighted by atomic mass is 35.5. The average molecular weight is 666 g/mol. The summed E-state index contributed by atoms with van der Waals surface area (Å²) in [5, 5.41) is 4.55. The molecule has 0 bridgehead atoms. The number of hydrogen-bond donors (Lipinski definition) is 2. The summed E-state index contributed by atoms with van der Waals surface area (Å²) in [6.07, 6.45) is -3.02. The molecule has 244 valence electrons. The number of fused-ring (bicyclic) bond motifs is 1.